The molecule has 0 saturated carbocycles. The number of nitrogens with one attached hydrogen (secondary N) is 1. The van der Waals surface area contributed by atoms with Crippen molar-refractivity contribution in [1.82, 2.24) is 14.9 Å². The van der Waals surface area contributed by atoms with Crippen LogP contribution in [0.15, 0.2) is 60.4 Å². The average Bonchev–Trinajstić information content (AvgIpc) is 3.05. The molecule has 0 aliphatic rings. The van der Waals surface area contributed by atoms with Crippen molar-refractivity contribution in [1.29, 1.82) is 5.26 Å². The number of pyridine rings is 1. The first-order valence-electron chi connectivity index (χ1n) is 9.60. The number of benzene rings is 1. The minimum Gasteiger partial charge on any atom is -0.497 e. The summed E-state index contributed by atoms with van der Waals surface area (Å²) in [7, 11) is 1.63. The largest absolute Gasteiger partial charge is 0.497 e. The van der Waals surface area contributed by atoms with Gasteiger partial charge in [0, 0.05) is 29.5 Å². The fourth-order valence-corrected chi connectivity index (χ4v) is 3.36. The van der Waals surface area contributed by atoms with Crippen LogP contribution in [0.2, 0.25) is 0 Å². The number of nitriles is 1. The summed E-state index contributed by atoms with van der Waals surface area (Å²) in [6.45, 7) is 5.82. The molecule has 3 aromatic rings. The fourth-order valence-electron chi connectivity index (χ4n) is 3.36. The van der Waals surface area contributed by atoms with Crippen LogP contribution in [-0.2, 0) is 4.79 Å². The van der Waals surface area contributed by atoms with Gasteiger partial charge >= 0.3 is 0 Å². The molecule has 30 heavy (non-hydrogen) atoms. The van der Waals surface area contributed by atoms with E-state index in [1.807, 2.05) is 69.3 Å². The Hall–Kier alpha value is -3.85. The Labute approximate surface area is 176 Å². The third kappa shape index (κ3) is 4.41. The van der Waals surface area contributed by atoms with Crippen LogP contribution in [0.5, 0.6) is 5.75 Å². The maximum atomic E-state index is 12.7. The number of carbonyl (C=O) groups excluding carboxylic acids is 1. The predicted octanol–water partition coefficient (Wildman–Crippen LogP) is 4.28. The SMILES string of the molecule is COc1ccc(-n2c(C)cc(/C=C(\C#N)C(=O)NC(C)c3cccnc3)c2C)cc1. The number of hydrogen-bond acceptors (Lipinski definition) is 4. The highest BCUT2D eigenvalue weighted by atomic mass is 16.5. The van der Waals surface area contributed by atoms with Gasteiger partial charge in [0.25, 0.3) is 5.91 Å². The molecule has 0 aliphatic heterocycles. The lowest BCUT2D eigenvalue weighted by atomic mass is 10.1. The van der Waals surface area contributed by atoms with Gasteiger partial charge < -0.3 is 14.6 Å². The summed E-state index contributed by atoms with van der Waals surface area (Å²) in [5, 5.41) is 12.4. The molecule has 1 atom stereocenters. The topological polar surface area (TPSA) is 79.9 Å². The number of carbonyl (C=O) groups is 1. The zero-order chi connectivity index (χ0) is 21.7. The van der Waals surface area contributed by atoms with Crippen molar-refractivity contribution in [2.24, 2.45) is 0 Å². The molecule has 1 unspecified atom stereocenters. The van der Waals surface area contributed by atoms with Crippen LogP contribution in [0.3, 0.4) is 0 Å². The van der Waals surface area contributed by atoms with E-state index in [2.05, 4.69) is 14.9 Å². The standard InChI is InChI=1S/C24H24N4O2/c1-16-12-20(18(3)28(16)22-7-9-23(30-4)10-8-22)13-21(14-25)24(29)27-17(2)19-6-5-11-26-15-19/h5-13,15,17H,1-4H3,(H,27,29)/b21-13+. The van der Waals surface area contributed by atoms with Crippen molar-refractivity contribution < 1.29 is 9.53 Å². The van der Waals surface area contributed by atoms with E-state index in [-0.39, 0.29) is 11.6 Å². The molecule has 1 aromatic carbocycles. The molecular formula is C24H24N4O2. The maximum absolute atomic E-state index is 12.7. The van der Waals surface area contributed by atoms with Crippen molar-refractivity contribution in [2.45, 2.75) is 26.8 Å². The molecule has 0 fully saturated rings. The van der Waals surface area contributed by atoms with Gasteiger partial charge in [0.05, 0.1) is 13.2 Å². The molecule has 2 heterocycles. The number of ether oxygens (including phenoxy) is 1. The second-order valence-electron chi connectivity index (χ2n) is 7.01. The van der Waals surface area contributed by atoms with E-state index in [1.165, 1.54) is 0 Å². The summed E-state index contributed by atoms with van der Waals surface area (Å²) in [5.41, 5.74) is 4.69. The van der Waals surface area contributed by atoms with Crippen LogP contribution in [-0.4, -0.2) is 22.6 Å². The van der Waals surface area contributed by atoms with Crippen LogP contribution in [0.4, 0.5) is 0 Å². The lowest BCUT2D eigenvalue weighted by Gasteiger charge is -2.13. The highest BCUT2D eigenvalue weighted by Crippen LogP contribution is 2.24. The molecule has 0 radical (unpaired) electrons. The number of aromatic nitrogens is 2. The Morgan fingerprint density at radius 2 is 2.00 bits per heavy atom. The second kappa shape index (κ2) is 9.10. The van der Waals surface area contributed by atoms with Crippen molar-refractivity contribution in [3.63, 3.8) is 0 Å². The van der Waals surface area contributed by atoms with Gasteiger partial charge in [-0.2, -0.15) is 5.26 Å². The molecule has 3 rings (SSSR count). The maximum Gasteiger partial charge on any atom is 0.262 e. The quantitative estimate of drug-likeness (QED) is 0.495. The number of methoxy groups -OCH3 is 1. The fraction of sp³-hybridized carbons (Fsp3) is 0.208. The summed E-state index contributed by atoms with van der Waals surface area (Å²) < 4.78 is 7.30. The molecule has 6 nitrogen and oxygen atoms in total. The molecule has 0 spiro atoms. The summed E-state index contributed by atoms with van der Waals surface area (Å²) in [4.78, 5) is 16.7. The van der Waals surface area contributed by atoms with Gasteiger partial charge in [0.2, 0.25) is 0 Å². The molecule has 6 heteroatoms. The van der Waals surface area contributed by atoms with E-state index >= 15 is 0 Å². The third-order valence-corrected chi connectivity index (χ3v) is 5.00. The normalized spacial score (nSPS) is 12.2. The van der Waals surface area contributed by atoms with Crippen molar-refractivity contribution in [3.05, 3.63) is 82.9 Å². The predicted molar refractivity (Wildman–Crippen MR) is 116 cm³/mol. The second-order valence-corrected chi connectivity index (χ2v) is 7.01. The first-order chi connectivity index (χ1) is 14.4. The van der Waals surface area contributed by atoms with Crippen molar-refractivity contribution >= 4 is 12.0 Å². The highest BCUT2D eigenvalue weighted by molar-refractivity contribution is 6.02. The van der Waals surface area contributed by atoms with Crippen LogP contribution < -0.4 is 10.1 Å². The zero-order valence-electron chi connectivity index (χ0n) is 17.5. The van der Waals surface area contributed by atoms with Crippen molar-refractivity contribution in [3.8, 4) is 17.5 Å². The highest BCUT2D eigenvalue weighted by Gasteiger charge is 2.16. The first-order valence-corrected chi connectivity index (χ1v) is 9.60. The van der Waals surface area contributed by atoms with Crippen LogP contribution >= 0.6 is 0 Å². The molecule has 2 aromatic heterocycles. The van der Waals surface area contributed by atoms with Crippen LogP contribution in [0, 0.1) is 25.2 Å². The Morgan fingerprint density at radius 3 is 2.60 bits per heavy atom. The number of hydrogen-bond donors (Lipinski definition) is 1. The Bertz CT molecular complexity index is 1110. The lowest BCUT2D eigenvalue weighted by Crippen LogP contribution is -2.27. The van der Waals surface area contributed by atoms with E-state index < -0.39 is 5.91 Å². The summed E-state index contributed by atoms with van der Waals surface area (Å²) in [5.74, 6) is 0.371. The minimum atomic E-state index is -0.414. The molecule has 1 N–H and O–H groups in total. The van der Waals surface area contributed by atoms with E-state index in [4.69, 9.17) is 4.74 Å². The summed E-state index contributed by atoms with van der Waals surface area (Å²) in [6, 6.07) is 15.2. The Balaban J connectivity index is 1.87. The monoisotopic (exact) mass is 400 g/mol. The molecular weight excluding hydrogens is 376 g/mol. The summed E-state index contributed by atoms with van der Waals surface area (Å²) in [6.07, 6.45) is 5.01. The van der Waals surface area contributed by atoms with Crippen LogP contribution in [0.1, 0.15) is 35.5 Å². The first kappa shape index (κ1) is 20.9. The van der Waals surface area contributed by atoms with Gasteiger partial charge in [0.15, 0.2) is 0 Å². The zero-order valence-corrected chi connectivity index (χ0v) is 17.5. The van der Waals surface area contributed by atoms with Gasteiger partial charge in [-0.25, -0.2) is 0 Å². The number of aryl methyl sites for hydroxylation is 1. The van der Waals surface area contributed by atoms with Crippen molar-refractivity contribution in [2.75, 3.05) is 7.11 Å². The third-order valence-electron chi connectivity index (χ3n) is 5.00. The van der Waals surface area contributed by atoms with Gasteiger partial charge in [-0.05, 0) is 74.4 Å². The smallest absolute Gasteiger partial charge is 0.262 e. The average molecular weight is 400 g/mol. The van der Waals surface area contributed by atoms with Crippen LogP contribution in [0.25, 0.3) is 11.8 Å². The van der Waals surface area contributed by atoms with Gasteiger partial charge in [0.1, 0.15) is 17.4 Å². The molecule has 152 valence electrons. The van der Waals surface area contributed by atoms with E-state index in [1.54, 1.807) is 25.6 Å². The number of nitrogens with zero attached hydrogens (tertiary/aromatic N) is 3. The molecule has 0 saturated heterocycles. The molecule has 0 aliphatic carbocycles. The van der Waals surface area contributed by atoms with E-state index in [0.29, 0.717) is 0 Å². The van der Waals surface area contributed by atoms with Gasteiger partial charge in [-0.1, -0.05) is 6.07 Å². The van der Waals surface area contributed by atoms with Gasteiger partial charge in [-0.3, -0.25) is 9.78 Å². The number of amides is 1. The van der Waals surface area contributed by atoms with E-state index in [0.717, 1.165) is 34.0 Å². The Morgan fingerprint density at radius 1 is 1.27 bits per heavy atom. The minimum absolute atomic E-state index is 0.0562. The lowest BCUT2D eigenvalue weighted by molar-refractivity contribution is -0.117. The molecule has 1 amide bonds. The van der Waals surface area contributed by atoms with E-state index in [9.17, 15) is 10.1 Å². The summed E-state index contributed by atoms with van der Waals surface area (Å²) >= 11 is 0. The number of rotatable bonds is 6. The Kier molecular flexibility index (Phi) is 6.33. The van der Waals surface area contributed by atoms with Gasteiger partial charge in [-0.15, -0.1) is 0 Å². The molecule has 0 bridgehead atoms.